The van der Waals surface area contributed by atoms with Crippen molar-refractivity contribution < 1.29 is 4.39 Å². The maximum atomic E-state index is 12.0. The van der Waals surface area contributed by atoms with Crippen LogP contribution in [-0.2, 0) is 0 Å². The summed E-state index contributed by atoms with van der Waals surface area (Å²) in [5, 5.41) is 17.1. The van der Waals surface area contributed by atoms with Crippen molar-refractivity contribution in [1.82, 2.24) is 29.9 Å². The minimum atomic E-state index is -0.251. The fourth-order valence-corrected chi connectivity index (χ4v) is 5.44. The van der Waals surface area contributed by atoms with Gasteiger partial charge in [-0.2, -0.15) is 0 Å². The number of nitrogens with zero attached hydrogens (tertiary/aromatic N) is 6. The lowest BCUT2D eigenvalue weighted by atomic mass is 9.89. The molecule has 0 spiro atoms. The van der Waals surface area contributed by atoms with Gasteiger partial charge in [0.1, 0.15) is 5.82 Å². The molecule has 0 saturated heterocycles. The summed E-state index contributed by atoms with van der Waals surface area (Å²) < 4.78 is 12.0. The number of nitrogens with one attached hydrogen (secondary N) is 2. The van der Waals surface area contributed by atoms with Gasteiger partial charge in [0, 0.05) is 83.1 Å². The van der Waals surface area contributed by atoms with Crippen molar-refractivity contribution in [3.63, 3.8) is 0 Å². The second kappa shape index (κ2) is 15.1. The highest BCUT2D eigenvalue weighted by molar-refractivity contribution is 6.61. The number of nitrogen functional groups attached to an aromatic ring is 1. The Morgan fingerprint density at radius 3 is 1.27 bits per heavy atom. The van der Waals surface area contributed by atoms with Crippen molar-refractivity contribution >= 4 is 28.3 Å². The summed E-state index contributed by atoms with van der Waals surface area (Å²) in [6.07, 6.45) is 17.8. The number of benzene rings is 1. The van der Waals surface area contributed by atoms with Crippen LogP contribution in [0.25, 0.3) is 56.2 Å². The second-order valence-corrected chi connectivity index (χ2v) is 11.7. The summed E-state index contributed by atoms with van der Waals surface area (Å²) in [6.45, 7) is 0. The molecule has 250 valence electrons. The molecular formula is C42H30FN9. The van der Waals surface area contributed by atoms with Crippen LogP contribution >= 0.6 is 0 Å². The topological polar surface area (TPSA) is 151 Å². The molecule has 0 fully saturated rings. The van der Waals surface area contributed by atoms with E-state index in [0.29, 0.717) is 11.3 Å². The second-order valence-electron chi connectivity index (χ2n) is 11.7. The summed E-state index contributed by atoms with van der Waals surface area (Å²) in [4.78, 5) is 26.6. The quantitative estimate of drug-likeness (QED) is 0.118. The van der Waals surface area contributed by atoms with E-state index in [1.54, 1.807) is 43.3 Å². The number of nitrogens with two attached hydrogens (primary N) is 1. The molecule has 0 unspecified atom stereocenters. The van der Waals surface area contributed by atoms with Crippen molar-refractivity contribution in [3.8, 4) is 45.0 Å². The summed E-state index contributed by atoms with van der Waals surface area (Å²) >= 11 is 0. The lowest BCUT2D eigenvalue weighted by molar-refractivity contribution is 0.628. The minimum absolute atomic E-state index is 0.132. The molecule has 52 heavy (non-hydrogen) atoms. The van der Waals surface area contributed by atoms with Gasteiger partial charge in [-0.3, -0.25) is 40.7 Å². The number of pyridine rings is 6. The molecule has 0 bridgehead atoms. The highest BCUT2D eigenvalue weighted by Crippen LogP contribution is 2.30. The molecule has 0 atom stereocenters. The Bertz CT molecular complexity index is 2370. The molecule has 6 heterocycles. The first kappa shape index (κ1) is 33.2. The van der Waals surface area contributed by atoms with Gasteiger partial charge < -0.3 is 5.73 Å². The molecular weight excluding hydrogens is 650 g/mol. The van der Waals surface area contributed by atoms with Crippen molar-refractivity contribution in [3.05, 3.63) is 176 Å². The zero-order chi connectivity index (χ0) is 35.9. The van der Waals surface area contributed by atoms with E-state index >= 15 is 0 Å². The van der Waals surface area contributed by atoms with Crippen LogP contribution in [0.3, 0.4) is 0 Å². The molecule has 1 aromatic carbocycles. The molecule has 7 aromatic rings. The molecule has 0 amide bonds. The first-order chi connectivity index (χ1) is 25.4. The predicted octanol–water partition coefficient (Wildman–Crippen LogP) is 8.65. The normalized spacial score (nSPS) is 12.3. The maximum Gasteiger partial charge on any atom is 0.123 e. The summed E-state index contributed by atoms with van der Waals surface area (Å²) in [7, 11) is 0. The number of allylic oxidation sites excluding steroid dienone is 4. The summed E-state index contributed by atoms with van der Waals surface area (Å²) in [6, 6.07) is 29.1. The highest BCUT2D eigenvalue weighted by atomic mass is 19.1. The Hall–Kier alpha value is -7.33. The Balaban J connectivity index is 0.000000466. The number of halogens is 1. The van der Waals surface area contributed by atoms with E-state index in [1.807, 2.05) is 91.3 Å². The van der Waals surface area contributed by atoms with Gasteiger partial charge in [-0.05, 0) is 102 Å². The van der Waals surface area contributed by atoms with Gasteiger partial charge in [0.15, 0.2) is 0 Å². The average molecular weight is 680 g/mol. The van der Waals surface area contributed by atoms with E-state index in [2.05, 4.69) is 29.9 Å². The van der Waals surface area contributed by atoms with Crippen LogP contribution in [0.1, 0.15) is 11.1 Å². The molecule has 0 aliphatic heterocycles. The minimum Gasteiger partial charge on any atom is -0.399 e. The first-order valence-corrected chi connectivity index (χ1v) is 16.2. The Morgan fingerprint density at radius 2 is 0.865 bits per heavy atom. The van der Waals surface area contributed by atoms with E-state index < -0.39 is 0 Å². The number of aromatic nitrogens is 6. The molecule has 4 N–H and O–H groups in total. The largest absolute Gasteiger partial charge is 0.399 e. The fourth-order valence-electron chi connectivity index (χ4n) is 5.44. The SMILES string of the molecule is N=C1C=C(c2ccc(-c3ccc(-c4ccncc4)cn3)nc2)C=C(c2ccc(-c3ccc(-c4ccncc4)cn3)nc2)C1=N.Nc1ccc(F)cc1. The Labute approximate surface area is 299 Å². The zero-order valence-electron chi connectivity index (χ0n) is 27.6. The van der Waals surface area contributed by atoms with E-state index in [4.69, 9.17) is 16.6 Å². The number of rotatable bonds is 6. The van der Waals surface area contributed by atoms with Gasteiger partial charge in [0.25, 0.3) is 0 Å². The van der Waals surface area contributed by atoms with Crippen molar-refractivity contribution in [2.45, 2.75) is 0 Å². The summed E-state index contributed by atoms with van der Waals surface area (Å²) in [5.74, 6) is -0.251. The van der Waals surface area contributed by atoms with E-state index in [-0.39, 0.29) is 17.2 Å². The zero-order valence-corrected chi connectivity index (χ0v) is 27.6. The smallest absolute Gasteiger partial charge is 0.123 e. The molecule has 8 rings (SSSR count). The van der Waals surface area contributed by atoms with Gasteiger partial charge in [-0.15, -0.1) is 0 Å². The van der Waals surface area contributed by atoms with Crippen molar-refractivity contribution in [2.75, 3.05) is 5.73 Å². The molecule has 1 aliphatic rings. The van der Waals surface area contributed by atoms with Crippen LogP contribution in [-0.4, -0.2) is 41.3 Å². The predicted molar refractivity (Wildman–Crippen MR) is 204 cm³/mol. The van der Waals surface area contributed by atoms with Crippen LogP contribution < -0.4 is 5.73 Å². The molecule has 6 aromatic heterocycles. The molecule has 1 aliphatic carbocycles. The van der Waals surface area contributed by atoms with Crippen molar-refractivity contribution in [2.24, 2.45) is 0 Å². The lowest BCUT2D eigenvalue weighted by Gasteiger charge is -2.16. The van der Waals surface area contributed by atoms with Crippen LogP contribution in [0.4, 0.5) is 10.1 Å². The fraction of sp³-hybridized carbons (Fsp3) is 0. The Kier molecular flexibility index (Phi) is 9.61. The maximum absolute atomic E-state index is 12.0. The average Bonchev–Trinajstić information content (AvgIpc) is 3.21. The van der Waals surface area contributed by atoms with Crippen molar-refractivity contribution in [1.29, 1.82) is 10.8 Å². The van der Waals surface area contributed by atoms with Gasteiger partial charge in [0.2, 0.25) is 0 Å². The Morgan fingerprint density at radius 1 is 0.442 bits per heavy atom. The first-order valence-electron chi connectivity index (χ1n) is 16.2. The number of hydrogen-bond donors (Lipinski definition) is 3. The van der Waals surface area contributed by atoms with Gasteiger partial charge >= 0.3 is 0 Å². The van der Waals surface area contributed by atoms with Gasteiger partial charge in [0.05, 0.1) is 34.2 Å². The van der Waals surface area contributed by atoms with Gasteiger partial charge in [-0.1, -0.05) is 24.3 Å². The number of hydrogen-bond acceptors (Lipinski definition) is 9. The third kappa shape index (κ3) is 7.61. The van der Waals surface area contributed by atoms with Crippen LogP contribution in [0.15, 0.2) is 159 Å². The van der Waals surface area contributed by atoms with E-state index in [9.17, 15) is 4.39 Å². The highest BCUT2D eigenvalue weighted by Gasteiger charge is 2.19. The van der Waals surface area contributed by atoms with Crippen LogP contribution in [0, 0.1) is 16.6 Å². The lowest BCUT2D eigenvalue weighted by Crippen LogP contribution is -2.16. The number of anilines is 1. The van der Waals surface area contributed by atoms with Gasteiger partial charge in [-0.25, -0.2) is 4.39 Å². The van der Waals surface area contributed by atoms with Crippen LogP contribution in [0.5, 0.6) is 0 Å². The monoisotopic (exact) mass is 679 g/mol. The van der Waals surface area contributed by atoms with Crippen LogP contribution in [0.2, 0.25) is 0 Å². The standard InChI is InChI=1S/C36H24N8.C6H6FN/c37-31-18-29(27-3-7-34(43-21-27)32-5-1-25(19-41-32)23-9-13-39-14-10-23)17-30(36(31)38)28-4-8-35(44-22-28)33-6-2-26(20-42-33)24-11-15-40-16-12-24;7-5-1-3-6(8)4-2-5/h1-22,37-38H;1-4H,8H2. The van der Waals surface area contributed by atoms with E-state index in [1.165, 1.54) is 24.3 Å². The molecule has 0 saturated carbocycles. The van der Waals surface area contributed by atoms with E-state index in [0.717, 1.165) is 61.7 Å². The summed E-state index contributed by atoms with van der Waals surface area (Å²) in [5.41, 5.74) is 16.3. The molecule has 0 radical (unpaired) electrons. The molecule has 9 nitrogen and oxygen atoms in total. The molecule has 10 heteroatoms. The third-order valence-corrected chi connectivity index (χ3v) is 8.26. The third-order valence-electron chi connectivity index (χ3n) is 8.26.